The molecule has 1 aromatic rings. The largest absolute Gasteiger partial charge is 0.444 e. The molecule has 5 aliphatic rings. The first-order chi connectivity index (χ1) is 24.1. The number of allylic oxidation sites excluding steroid dienone is 1. The maximum Gasteiger partial charge on any atom is 0.410 e. The second-order valence-electron chi connectivity index (χ2n) is 15.2. The van der Waals surface area contributed by atoms with Crippen molar-refractivity contribution in [2.45, 2.75) is 126 Å². The highest BCUT2D eigenvalue weighted by Crippen LogP contribution is 2.46. The molecule has 0 radical (unpaired) electrons. The molecule has 0 spiro atoms. The molecule has 0 unspecified atom stereocenters. The molecule has 2 aliphatic carbocycles. The van der Waals surface area contributed by atoms with Crippen molar-refractivity contribution in [2.24, 2.45) is 5.92 Å². The molecule has 6 rings (SSSR count). The van der Waals surface area contributed by atoms with Gasteiger partial charge in [0, 0.05) is 24.4 Å². The van der Waals surface area contributed by atoms with Gasteiger partial charge in [-0.05, 0) is 70.9 Å². The van der Waals surface area contributed by atoms with Crippen LogP contribution in [0.5, 0.6) is 0 Å². The zero-order chi connectivity index (χ0) is 36.7. The van der Waals surface area contributed by atoms with Gasteiger partial charge >= 0.3 is 12.2 Å². The van der Waals surface area contributed by atoms with E-state index in [2.05, 4.69) is 15.4 Å². The zero-order valence-electron chi connectivity index (χ0n) is 29.1. The lowest BCUT2D eigenvalue weighted by atomic mass is 10.0. The normalized spacial score (nSPS) is 28.9. The fourth-order valence-electron chi connectivity index (χ4n) is 7.02. The summed E-state index contributed by atoms with van der Waals surface area (Å²) in [5.41, 5.74) is -1.36. The van der Waals surface area contributed by atoms with Gasteiger partial charge < -0.3 is 25.0 Å². The number of halogens is 1. The predicted molar refractivity (Wildman–Crippen MR) is 180 cm³/mol. The van der Waals surface area contributed by atoms with Crippen LogP contribution in [0.4, 0.5) is 14.0 Å². The van der Waals surface area contributed by atoms with E-state index >= 15 is 0 Å². The van der Waals surface area contributed by atoms with Crippen molar-refractivity contribution in [2.75, 3.05) is 6.54 Å². The molecule has 278 valence electrons. The Morgan fingerprint density at radius 2 is 1.82 bits per heavy atom. The molecule has 0 aromatic heterocycles. The molecule has 1 saturated heterocycles. The molecule has 14 nitrogen and oxygen atoms in total. The van der Waals surface area contributed by atoms with Crippen LogP contribution < -0.4 is 15.4 Å². The summed E-state index contributed by atoms with van der Waals surface area (Å²) in [4.78, 5) is 70.8. The number of hydrogen-bond donors (Lipinski definition) is 3. The summed E-state index contributed by atoms with van der Waals surface area (Å²) in [6.07, 6.45) is 5.10. The first-order valence-electron chi connectivity index (χ1n) is 17.6. The van der Waals surface area contributed by atoms with Gasteiger partial charge in [-0.15, -0.1) is 0 Å². The number of carbonyl (C=O) groups is 5. The number of ether oxygens (including phenoxy) is 2. The summed E-state index contributed by atoms with van der Waals surface area (Å²) in [6, 6.07) is 2.30. The molecular weight excluding hydrogens is 685 g/mol. The first kappa shape index (κ1) is 36.6. The number of amides is 5. The van der Waals surface area contributed by atoms with Crippen LogP contribution in [-0.4, -0.2) is 89.2 Å². The first-order valence-corrected chi connectivity index (χ1v) is 19.2. The number of sulfonamides is 1. The lowest BCUT2D eigenvalue weighted by molar-refractivity contribution is -0.141. The molecule has 1 aromatic carbocycles. The Balaban J connectivity index is 1.25. The lowest BCUT2D eigenvalue weighted by Crippen LogP contribution is -2.58. The van der Waals surface area contributed by atoms with Gasteiger partial charge in [-0.25, -0.2) is 22.4 Å². The van der Waals surface area contributed by atoms with Crippen LogP contribution in [0.1, 0.15) is 89.7 Å². The van der Waals surface area contributed by atoms with Gasteiger partial charge in [0.15, 0.2) is 0 Å². The fourth-order valence-corrected chi connectivity index (χ4v) is 8.39. The third-order valence-corrected chi connectivity index (χ3v) is 11.8. The van der Waals surface area contributed by atoms with Gasteiger partial charge in [-0.3, -0.25) is 24.0 Å². The highest BCUT2D eigenvalue weighted by atomic mass is 32.2. The molecular formula is C35H46FN5O9S. The third-order valence-electron chi connectivity index (χ3n) is 9.99. The summed E-state index contributed by atoms with van der Waals surface area (Å²) in [7, 11) is -3.92. The summed E-state index contributed by atoms with van der Waals surface area (Å²) in [5, 5.41) is 4.79. The number of rotatable bonds is 5. The number of nitrogens with zero attached hydrogens (tertiary/aromatic N) is 2. The summed E-state index contributed by atoms with van der Waals surface area (Å²) >= 11 is 0. The van der Waals surface area contributed by atoms with E-state index in [0.717, 1.165) is 12.8 Å². The Bertz CT molecular complexity index is 1730. The molecule has 3 N–H and O–H groups in total. The summed E-state index contributed by atoms with van der Waals surface area (Å²) in [5.74, 6) is -3.06. The van der Waals surface area contributed by atoms with Gasteiger partial charge in [0.2, 0.25) is 21.8 Å². The average Bonchev–Trinajstić information content (AvgIpc) is 3.93. The van der Waals surface area contributed by atoms with Crippen molar-refractivity contribution in [3.8, 4) is 0 Å². The number of nitrogens with one attached hydrogen (secondary N) is 3. The second kappa shape index (κ2) is 14.1. The summed E-state index contributed by atoms with van der Waals surface area (Å²) < 4.78 is 53.3. The van der Waals surface area contributed by atoms with E-state index in [9.17, 15) is 36.8 Å². The van der Waals surface area contributed by atoms with Crippen molar-refractivity contribution in [3.63, 3.8) is 0 Å². The number of benzene rings is 1. The molecule has 5 amide bonds. The van der Waals surface area contributed by atoms with Crippen molar-refractivity contribution in [3.05, 3.63) is 47.3 Å². The smallest absolute Gasteiger partial charge is 0.410 e. The highest BCUT2D eigenvalue weighted by molar-refractivity contribution is 7.91. The minimum atomic E-state index is -3.92. The number of carbonyl (C=O) groups excluding carboxylic acids is 5. The van der Waals surface area contributed by atoms with Gasteiger partial charge in [0.1, 0.15) is 35.1 Å². The Kier molecular flexibility index (Phi) is 10.1. The minimum Gasteiger partial charge on any atom is -0.444 e. The van der Waals surface area contributed by atoms with Gasteiger partial charge in [-0.1, -0.05) is 37.1 Å². The van der Waals surface area contributed by atoms with E-state index in [-0.39, 0.29) is 38.9 Å². The van der Waals surface area contributed by atoms with Crippen molar-refractivity contribution in [1.82, 2.24) is 25.2 Å². The fraction of sp³-hybridized carbons (Fsp3) is 0.629. The monoisotopic (exact) mass is 731 g/mol. The topological polar surface area (TPSA) is 181 Å². The summed E-state index contributed by atoms with van der Waals surface area (Å²) in [6.45, 7) is 5.01. The average molecular weight is 732 g/mol. The number of fused-ring (bicyclic) bond motifs is 3. The molecule has 3 fully saturated rings. The Morgan fingerprint density at radius 1 is 1.06 bits per heavy atom. The predicted octanol–water partition coefficient (Wildman–Crippen LogP) is 3.14. The zero-order valence-corrected chi connectivity index (χ0v) is 29.9. The van der Waals surface area contributed by atoms with Crippen LogP contribution in [0.15, 0.2) is 30.4 Å². The van der Waals surface area contributed by atoms with E-state index in [1.807, 2.05) is 12.2 Å². The van der Waals surface area contributed by atoms with Crippen LogP contribution in [0, 0.1) is 11.7 Å². The molecule has 3 aliphatic heterocycles. The van der Waals surface area contributed by atoms with Gasteiger partial charge in [-0.2, -0.15) is 0 Å². The van der Waals surface area contributed by atoms with E-state index in [0.29, 0.717) is 36.8 Å². The van der Waals surface area contributed by atoms with Crippen LogP contribution in [0.3, 0.4) is 0 Å². The highest BCUT2D eigenvalue weighted by Gasteiger charge is 2.62. The Hall–Kier alpha value is -4.21. The van der Waals surface area contributed by atoms with Crippen LogP contribution in [0.25, 0.3) is 0 Å². The van der Waals surface area contributed by atoms with Crippen molar-refractivity contribution >= 4 is 39.9 Å². The van der Waals surface area contributed by atoms with Crippen molar-refractivity contribution < 1.29 is 46.3 Å². The molecule has 3 heterocycles. The van der Waals surface area contributed by atoms with Crippen LogP contribution in [-0.2, 0) is 47.0 Å². The lowest BCUT2D eigenvalue weighted by Gasteiger charge is -2.30. The maximum atomic E-state index is 14.4. The Morgan fingerprint density at radius 3 is 2.53 bits per heavy atom. The molecule has 16 heteroatoms. The minimum absolute atomic E-state index is 0.00168. The van der Waals surface area contributed by atoms with E-state index < -0.39 is 86.2 Å². The van der Waals surface area contributed by atoms with Crippen LogP contribution in [0.2, 0.25) is 0 Å². The third kappa shape index (κ3) is 8.31. The quantitative estimate of drug-likeness (QED) is 0.384. The molecule has 2 saturated carbocycles. The van der Waals surface area contributed by atoms with Crippen LogP contribution >= 0.6 is 0 Å². The van der Waals surface area contributed by atoms with E-state index in [4.69, 9.17) is 9.47 Å². The molecule has 0 bridgehead atoms. The molecule has 5 atom stereocenters. The van der Waals surface area contributed by atoms with Gasteiger partial charge in [0.05, 0.1) is 18.3 Å². The second-order valence-corrected chi connectivity index (χ2v) is 17.2. The SMILES string of the molecule is CC(C)(C)OC(=O)N[C@@H]1CCCCC/C=C/[C@@H]2C[C@]2(C(=O)NS(=O)(=O)C2CC2)NC(=O)[C@H]2C[C@H](OC(=O)N3Cc4cccc(F)c4C3)CN2C1=O. The van der Waals surface area contributed by atoms with Crippen molar-refractivity contribution in [1.29, 1.82) is 0 Å². The number of alkyl carbamates (subject to hydrolysis) is 1. The standard InChI is InChI=1S/C35H46FN5O9S/c1-34(2,3)50-32(45)37-27-13-8-6-4-5-7-11-22-17-35(22,31(44)39-51(47,48)24-14-15-24)38-29(42)28-16-23(19-41(28)30(27)43)49-33(46)40-18-21-10-9-12-26(36)25(21)20-40/h7,9-12,22-24,27-28H,4-6,8,13-20H2,1-3H3,(H,37,45)(H,38,42)(H,39,44)/b11-7+/t22-,23+,27-,28-,35+/m1/s1. The van der Waals surface area contributed by atoms with E-state index in [1.165, 1.54) is 15.9 Å². The van der Waals surface area contributed by atoms with E-state index in [1.54, 1.807) is 32.9 Å². The number of hydrogen-bond acceptors (Lipinski definition) is 9. The Labute approximate surface area is 296 Å². The van der Waals surface area contributed by atoms with Gasteiger partial charge in [0.25, 0.3) is 5.91 Å². The molecule has 51 heavy (non-hydrogen) atoms. The maximum absolute atomic E-state index is 14.4.